The molecule has 0 rings (SSSR count). The highest BCUT2D eigenvalue weighted by atomic mass is 16.3. The molecule has 0 aliphatic carbocycles. The summed E-state index contributed by atoms with van der Waals surface area (Å²) in [5, 5.41) is 8.63. The number of aliphatic hydroxyl groups is 1. The number of hydrogen-bond donors (Lipinski definition) is 2. The van der Waals surface area contributed by atoms with Crippen LogP contribution in [0.25, 0.3) is 0 Å². The molecule has 1 atom stereocenters. The van der Waals surface area contributed by atoms with Crippen LogP contribution in [-0.2, 0) is 0 Å². The lowest BCUT2D eigenvalue weighted by Gasteiger charge is -2.01. The van der Waals surface area contributed by atoms with E-state index in [1.54, 1.807) is 0 Å². The zero-order valence-corrected chi connectivity index (χ0v) is 8.45. The van der Waals surface area contributed by atoms with Crippen LogP contribution in [0, 0.1) is 0 Å². The monoisotopic (exact) mass is 183 g/mol. The maximum Gasteiger partial charge on any atom is 0.0585 e. The van der Waals surface area contributed by atoms with E-state index in [2.05, 4.69) is 13.0 Å². The van der Waals surface area contributed by atoms with Crippen LogP contribution in [0.4, 0.5) is 0 Å². The second kappa shape index (κ2) is 9.49. The minimum absolute atomic E-state index is 0.0594. The van der Waals surface area contributed by atoms with Gasteiger partial charge in [0.1, 0.15) is 0 Å². The van der Waals surface area contributed by atoms with Crippen LogP contribution in [0.3, 0.4) is 0 Å². The summed E-state index contributed by atoms with van der Waals surface area (Å²) < 4.78 is 0. The lowest BCUT2D eigenvalue weighted by atomic mass is 10.2. The zero-order valence-electron chi connectivity index (χ0n) is 8.45. The summed E-state index contributed by atoms with van der Waals surface area (Å²) in [5.41, 5.74) is 5.51. The van der Waals surface area contributed by atoms with Crippen LogP contribution in [0.1, 0.15) is 32.6 Å². The molecule has 0 saturated carbocycles. The quantitative estimate of drug-likeness (QED) is 0.468. The number of nitrogens with two attached hydrogens (primary N) is 1. The minimum Gasteiger partial charge on any atom is -0.395 e. The third-order valence-electron chi connectivity index (χ3n) is 1.78. The number of hydrogen-bond acceptors (Lipinski definition) is 2. The van der Waals surface area contributed by atoms with Gasteiger partial charge in [-0.1, -0.05) is 44.1 Å². The van der Waals surface area contributed by atoms with E-state index in [4.69, 9.17) is 10.8 Å². The van der Waals surface area contributed by atoms with E-state index in [0.29, 0.717) is 0 Å². The van der Waals surface area contributed by atoms with E-state index in [1.165, 1.54) is 12.8 Å². The summed E-state index contributed by atoms with van der Waals surface area (Å²) >= 11 is 0. The summed E-state index contributed by atoms with van der Waals surface area (Å²) in [5.74, 6) is 0. The molecule has 3 N–H and O–H groups in total. The van der Waals surface area contributed by atoms with Crippen LogP contribution in [0.2, 0.25) is 0 Å². The molecule has 0 aliphatic heterocycles. The van der Waals surface area contributed by atoms with Gasteiger partial charge in [-0.05, 0) is 12.8 Å². The van der Waals surface area contributed by atoms with Crippen molar-refractivity contribution in [3.63, 3.8) is 0 Å². The molecular weight excluding hydrogens is 162 g/mol. The van der Waals surface area contributed by atoms with Gasteiger partial charge in [-0.3, -0.25) is 0 Å². The van der Waals surface area contributed by atoms with Crippen LogP contribution < -0.4 is 5.73 Å². The molecule has 0 heterocycles. The van der Waals surface area contributed by atoms with Crippen molar-refractivity contribution in [2.24, 2.45) is 5.73 Å². The molecule has 2 nitrogen and oxygen atoms in total. The molecule has 1 unspecified atom stereocenters. The first-order chi connectivity index (χ1) is 6.31. The molecule has 76 valence electrons. The highest BCUT2D eigenvalue weighted by Gasteiger charge is 1.93. The topological polar surface area (TPSA) is 46.2 Å². The minimum atomic E-state index is -0.111. The van der Waals surface area contributed by atoms with E-state index in [1.807, 2.05) is 18.2 Å². The van der Waals surface area contributed by atoms with Crippen LogP contribution in [0.5, 0.6) is 0 Å². The van der Waals surface area contributed by atoms with Gasteiger partial charge in [0.05, 0.1) is 6.61 Å². The second-order valence-corrected chi connectivity index (χ2v) is 3.18. The lowest BCUT2D eigenvalue weighted by molar-refractivity contribution is 0.266. The van der Waals surface area contributed by atoms with Crippen molar-refractivity contribution >= 4 is 0 Å². The van der Waals surface area contributed by atoms with Crippen molar-refractivity contribution in [3.05, 3.63) is 24.3 Å². The van der Waals surface area contributed by atoms with Gasteiger partial charge in [0.2, 0.25) is 0 Å². The third-order valence-corrected chi connectivity index (χ3v) is 1.78. The largest absolute Gasteiger partial charge is 0.395 e. The highest BCUT2D eigenvalue weighted by Crippen LogP contribution is 1.95. The lowest BCUT2D eigenvalue weighted by Crippen LogP contribution is -2.22. The molecule has 0 bridgehead atoms. The smallest absolute Gasteiger partial charge is 0.0585 e. The van der Waals surface area contributed by atoms with Crippen molar-refractivity contribution in [1.82, 2.24) is 0 Å². The van der Waals surface area contributed by atoms with Gasteiger partial charge in [-0.15, -0.1) is 0 Å². The normalized spacial score (nSPS) is 14.4. The van der Waals surface area contributed by atoms with Crippen molar-refractivity contribution in [2.75, 3.05) is 6.61 Å². The van der Waals surface area contributed by atoms with Gasteiger partial charge in [-0.2, -0.15) is 0 Å². The first kappa shape index (κ1) is 12.4. The fourth-order valence-electron chi connectivity index (χ4n) is 0.903. The number of allylic oxidation sites excluding steroid dienone is 3. The van der Waals surface area contributed by atoms with E-state index in [0.717, 1.165) is 12.8 Å². The molecule has 0 radical (unpaired) electrons. The molecule has 0 fully saturated rings. The van der Waals surface area contributed by atoms with E-state index >= 15 is 0 Å². The number of unbranched alkanes of at least 4 members (excludes halogenated alkanes) is 2. The molecule has 0 saturated heterocycles. The predicted molar refractivity (Wildman–Crippen MR) is 57.5 cm³/mol. The van der Waals surface area contributed by atoms with Crippen LogP contribution >= 0.6 is 0 Å². The standard InChI is InChI=1S/C11H21NO/c1-2-3-4-5-6-7-8-9-11(12)10-13/h5-8,11,13H,2-4,9-10,12H2,1H3/b6-5+,8-7+. The maximum absolute atomic E-state index is 8.63. The van der Waals surface area contributed by atoms with Crippen molar-refractivity contribution in [3.8, 4) is 0 Å². The Kier molecular flexibility index (Phi) is 9.05. The molecule has 0 spiro atoms. The Morgan fingerprint density at radius 1 is 1.31 bits per heavy atom. The molecule has 0 aromatic heterocycles. The molecule has 0 amide bonds. The average molecular weight is 183 g/mol. The van der Waals surface area contributed by atoms with Gasteiger partial charge in [0.15, 0.2) is 0 Å². The Hall–Kier alpha value is -0.600. The molecule has 0 aliphatic rings. The van der Waals surface area contributed by atoms with E-state index in [9.17, 15) is 0 Å². The highest BCUT2D eigenvalue weighted by molar-refractivity contribution is 5.02. The van der Waals surface area contributed by atoms with Crippen molar-refractivity contribution < 1.29 is 5.11 Å². The van der Waals surface area contributed by atoms with Crippen molar-refractivity contribution in [2.45, 2.75) is 38.6 Å². The molecule has 0 aromatic carbocycles. The zero-order chi connectivity index (χ0) is 9.94. The summed E-state index contributed by atoms with van der Waals surface area (Å²) in [4.78, 5) is 0. The van der Waals surface area contributed by atoms with E-state index < -0.39 is 0 Å². The van der Waals surface area contributed by atoms with Gasteiger partial charge in [0.25, 0.3) is 0 Å². The SMILES string of the molecule is CCCC/C=C/C=C/CC(N)CO. The fraction of sp³-hybridized carbons (Fsp3) is 0.636. The summed E-state index contributed by atoms with van der Waals surface area (Å²) in [6, 6.07) is -0.111. The second-order valence-electron chi connectivity index (χ2n) is 3.18. The molecule has 13 heavy (non-hydrogen) atoms. The fourth-order valence-corrected chi connectivity index (χ4v) is 0.903. The first-order valence-electron chi connectivity index (χ1n) is 4.99. The summed E-state index contributed by atoms with van der Waals surface area (Å²) in [6.07, 6.45) is 12.6. The van der Waals surface area contributed by atoms with E-state index in [-0.39, 0.29) is 12.6 Å². The van der Waals surface area contributed by atoms with Crippen LogP contribution in [-0.4, -0.2) is 17.8 Å². The van der Waals surface area contributed by atoms with Gasteiger partial charge >= 0.3 is 0 Å². The van der Waals surface area contributed by atoms with Gasteiger partial charge < -0.3 is 10.8 Å². The Bertz CT molecular complexity index is 152. The Morgan fingerprint density at radius 2 is 2.00 bits per heavy atom. The Morgan fingerprint density at radius 3 is 2.62 bits per heavy atom. The Balaban J connectivity index is 3.34. The van der Waals surface area contributed by atoms with Gasteiger partial charge in [0, 0.05) is 6.04 Å². The molecule has 2 heteroatoms. The molecule has 0 aromatic rings. The number of rotatable bonds is 7. The van der Waals surface area contributed by atoms with Crippen LogP contribution in [0.15, 0.2) is 24.3 Å². The summed E-state index contributed by atoms with van der Waals surface area (Å²) in [7, 11) is 0. The number of aliphatic hydroxyl groups excluding tert-OH is 1. The van der Waals surface area contributed by atoms with Crippen molar-refractivity contribution in [1.29, 1.82) is 0 Å². The predicted octanol–water partition coefficient (Wildman–Crippen LogP) is 2.00. The van der Waals surface area contributed by atoms with Gasteiger partial charge in [-0.25, -0.2) is 0 Å². The summed E-state index contributed by atoms with van der Waals surface area (Å²) in [6.45, 7) is 2.24. The molecular formula is C11H21NO. The Labute approximate surface area is 81.1 Å². The third kappa shape index (κ3) is 9.31. The first-order valence-corrected chi connectivity index (χ1v) is 4.99. The average Bonchev–Trinajstić information content (AvgIpc) is 2.16. The maximum atomic E-state index is 8.63.